The molecule has 1 unspecified atom stereocenters. The Labute approximate surface area is 121 Å². The van der Waals surface area contributed by atoms with Crippen molar-refractivity contribution >= 4 is 21.8 Å². The van der Waals surface area contributed by atoms with E-state index in [-0.39, 0.29) is 17.6 Å². The van der Waals surface area contributed by atoms with Crippen LogP contribution in [-0.2, 0) is 6.54 Å². The molecule has 3 N–H and O–H groups in total. The lowest BCUT2D eigenvalue weighted by Crippen LogP contribution is -2.34. The van der Waals surface area contributed by atoms with E-state index in [9.17, 15) is 4.39 Å². The van der Waals surface area contributed by atoms with E-state index in [0.29, 0.717) is 17.6 Å². The zero-order valence-electron chi connectivity index (χ0n) is 11.1. The fourth-order valence-electron chi connectivity index (χ4n) is 1.78. The molecule has 0 radical (unpaired) electrons. The molecule has 6 heteroatoms. The molecular formula is C13H19BrFN3O. The van der Waals surface area contributed by atoms with Gasteiger partial charge in [0, 0.05) is 19.0 Å². The first-order valence-electron chi connectivity index (χ1n) is 6.11. The van der Waals surface area contributed by atoms with Gasteiger partial charge in [-0.3, -0.25) is 4.90 Å². The number of hydrogen-bond acceptors (Lipinski definition) is 3. The van der Waals surface area contributed by atoms with Crippen LogP contribution in [0.15, 0.2) is 27.8 Å². The van der Waals surface area contributed by atoms with Crippen LogP contribution in [0, 0.1) is 11.7 Å². The van der Waals surface area contributed by atoms with E-state index in [1.165, 1.54) is 6.07 Å². The summed E-state index contributed by atoms with van der Waals surface area (Å²) in [5.74, 6) is -0.0793. The maximum Gasteiger partial charge on any atom is 0.143 e. The van der Waals surface area contributed by atoms with Crippen molar-refractivity contribution in [2.75, 3.05) is 13.1 Å². The minimum Gasteiger partial charge on any atom is -0.409 e. The molecule has 0 bridgehead atoms. The van der Waals surface area contributed by atoms with Crippen molar-refractivity contribution in [3.8, 4) is 0 Å². The minimum absolute atomic E-state index is 0.0335. The topological polar surface area (TPSA) is 61.8 Å². The highest BCUT2D eigenvalue weighted by molar-refractivity contribution is 9.10. The maximum absolute atomic E-state index is 13.2. The number of oxime groups is 1. The molecule has 0 saturated heterocycles. The molecule has 0 heterocycles. The SMILES string of the molecule is CCN(Cc1ccc(F)c(Br)c1)CC(C)C(N)=NO. The zero-order valence-corrected chi connectivity index (χ0v) is 12.7. The van der Waals surface area contributed by atoms with Crippen molar-refractivity contribution in [3.63, 3.8) is 0 Å². The van der Waals surface area contributed by atoms with E-state index >= 15 is 0 Å². The number of hydrogen-bond donors (Lipinski definition) is 2. The van der Waals surface area contributed by atoms with Crippen LogP contribution < -0.4 is 5.73 Å². The number of nitrogens with zero attached hydrogens (tertiary/aromatic N) is 2. The first-order valence-corrected chi connectivity index (χ1v) is 6.90. The molecule has 106 valence electrons. The molecule has 0 aliphatic heterocycles. The minimum atomic E-state index is -0.267. The van der Waals surface area contributed by atoms with Gasteiger partial charge in [0.25, 0.3) is 0 Å². The van der Waals surface area contributed by atoms with Crippen molar-refractivity contribution in [3.05, 3.63) is 34.1 Å². The van der Waals surface area contributed by atoms with Gasteiger partial charge in [0.2, 0.25) is 0 Å². The van der Waals surface area contributed by atoms with Crippen molar-refractivity contribution in [1.82, 2.24) is 4.90 Å². The van der Waals surface area contributed by atoms with Gasteiger partial charge in [-0.1, -0.05) is 25.1 Å². The van der Waals surface area contributed by atoms with Crippen molar-refractivity contribution in [2.24, 2.45) is 16.8 Å². The van der Waals surface area contributed by atoms with E-state index < -0.39 is 0 Å². The Morgan fingerprint density at radius 1 is 1.58 bits per heavy atom. The van der Waals surface area contributed by atoms with Crippen LogP contribution in [0.5, 0.6) is 0 Å². The van der Waals surface area contributed by atoms with E-state index in [4.69, 9.17) is 10.9 Å². The van der Waals surface area contributed by atoms with E-state index in [0.717, 1.165) is 12.1 Å². The molecule has 0 aromatic heterocycles. The number of nitrogens with two attached hydrogens (primary N) is 1. The lowest BCUT2D eigenvalue weighted by Gasteiger charge is -2.23. The van der Waals surface area contributed by atoms with Crippen LogP contribution in [0.3, 0.4) is 0 Å². The summed E-state index contributed by atoms with van der Waals surface area (Å²) in [5.41, 5.74) is 6.59. The summed E-state index contributed by atoms with van der Waals surface area (Å²) >= 11 is 3.18. The summed E-state index contributed by atoms with van der Waals surface area (Å²) in [4.78, 5) is 2.16. The first-order chi connectivity index (χ1) is 8.97. The van der Waals surface area contributed by atoms with Crippen molar-refractivity contribution in [1.29, 1.82) is 0 Å². The summed E-state index contributed by atoms with van der Waals surface area (Å²) in [5, 5.41) is 11.7. The first kappa shape index (κ1) is 15.9. The van der Waals surface area contributed by atoms with Gasteiger partial charge in [0.1, 0.15) is 11.7 Å². The number of halogens is 2. The second kappa shape index (κ2) is 7.45. The third kappa shape index (κ3) is 4.80. The lowest BCUT2D eigenvalue weighted by atomic mass is 10.1. The lowest BCUT2D eigenvalue weighted by molar-refractivity contribution is 0.257. The summed E-state index contributed by atoms with van der Waals surface area (Å²) in [6.45, 7) is 6.15. The molecule has 19 heavy (non-hydrogen) atoms. The van der Waals surface area contributed by atoms with E-state index in [1.54, 1.807) is 12.1 Å². The molecule has 0 spiro atoms. The highest BCUT2D eigenvalue weighted by atomic mass is 79.9. The van der Waals surface area contributed by atoms with Crippen LogP contribution in [0.4, 0.5) is 4.39 Å². The highest BCUT2D eigenvalue weighted by Crippen LogP contribution is 2.18. The van der Waals surface area contributed by atoms with Gasteiger partial charge in [-0.15, -0.1) is 0 Å². The molecule has 0 amide bonds. The molecule has 1 aromatic rings. The molecular weight excluding hydrogens is 313 g/mol. The third-order valence-corrected chi connectivity index (χ3v) is 3.60. The Balaban J connectivity index is 2.68. The second-order valence-corrected chi connectivity index (χ2v) is 5.36. The smallest absolute Gasteiger partial charge is 0.143 e. The van der Waals surface area contributed by atoms with Gasteiger partial charge in [-0.2, -0.15) is 0 Å². The largest absolute Gasteiger partial charge is 0.409 e. The summed E-state index contributed by atoms with van der Waals surface area (Å²) in [7, 11) is 0. The summed E-state index contributed by atoms with van der Waals surface area (Å²) in [6.07, 6.45) is 0. The molecule has 0 aliphatic rings. The second-order valence-electron chi connectivity index (χ2n) is 4.50. The van der Waals surface area contributed by atoms with Crippen LogP contribution in [-0.4, -0.2) is 29.0 Å². The predicted molar refractivity (Wildman–Crippen MR) is 77.6 cm³/mol. The van der Waals surface area contributed by atoms with Crippen molar-refractivity contribution < 1.29 is 9.60 Å². The maximum atomic E-state index is 13.2. The van der Waals surface area contributed by atoms with Crippen LogP contribution >= 0.6 is 15.9 Å². The standard InChI is InChI=1S/C13H19BrFN3O/c1-3-18(7-9(2)13(16)17-19)8-10-4-5-12(15)11(14)6-10/h4-6,9,19H,3,7-8H2,1-2H3,(H2,16,17). The Morgan fingerprint density at radius 3 is 2.79 bits per heavy atom. The molecule has 4 nitrogen and oxygen atoms in total. The molecule has 0 saturated carbocycles. The average Bonchev–Trinajstić information content (AvgIpc) is 2.40. The Morgan fingerprint density at radius 2 is 2.26 bits per heavy atom. The number of amidine groups is 1. The highest BCUT2D eigenvalue weighted by Gasteiger charge is 2.13. The van der Waals surface area contributed by atoms with Crippen LogP contribution in [0.2, 0.25) is 0 Å². The fourth-order valence-corrected chi connectivity index (χ4v) is 2.21. The average molecular weight is 332 g/mol. The molecule has 0 aliphatic carbocycles. The molecule has 1 aromatic carbocycles. The number of benzene rings is 1. The summed E-state index contributed by atoms with van der Waals surface area (Å²) in [6, 6.07) is 4.98. The van der Waals surface area contributed by atoms with E-state index in [2.05, 4.69) is 26.0 Å². The molecule has 0 fully saturated rings. The normalized spacial score (nSPS) is 13.8. The van der Waals surface area contributed by atoms with Crippen LogP contribution in [0.1, 0.15) is 19.4 Å². The third-order valence-electron chi connectivity index (χ3n) is 2.99. The Bertz CT molecular complexity index is 454. The van der Waals surface area contributed by atoms with E-state index in [1.807, 2.05) is 13.8 Å². The van der Waals surface area contributed by atoms with Gasteiger partial charge in [0.15, 0.2) is 0 Å². The van der Waals surface area contributed by atoms with Crippen LogP contribution in [0.25, 0.3) is 0 Å². The van der Waals surface area contributed by atoms with Gasteiger partial charge in [-0.25, -0.2) is 4.39 Å². The monoisotopic (exact) mass is 331 g/mol. The molecule has 1 atom stereocenters. The zero-order chi connectivity index (χ0) is 14.4. The Hall–Kier alpha value is -1.14. The Kier molecular flexibility index (Phi) is 6.24. The van der Waals surface area contributed by atoms with Gasteiger partial charge in [-0.05, 0) is 40.2 Å². The molecule has 1 rings (SSSR count). The fraction of sp³-hybridized carbons (Fsp3) is 0.462. The van der Waals surface area contributed by atoms with Gasteiger partial charge in [0.05, 0.1) is 4.47 Å². The van der Waals surface area contributed by atoms with Crippen molar-refractivity contribution in [2.45, 2.75) is 20.4 Å². The van der Waals surface area contributed by atoms with Gasteiger partial charge < -0.3 is 10.9 Å². The quantitative estimate of drug-likeness (QED) is 0.364. The predicted octanol–water partition coefficient (Wildman–Crippen LogP) is 2.79. The number of rotatable bonds is 6. The van der Waals surface area contributed by atoms with Gasteiger partial charge >= 0.3 is 0 Å². The summed E-state index contributed by atoms with van der Waals surface area (Å²) < 4.78 is 13.6.